The first kappa shape index (κ1) is 15.3. The number of carboxylic acids is 1. The maximum absolute atomic E-state index is 10.9. The fourth-order valence-electron chi connectivity index (χ4n) is 2.71. The number of carbonyl (C=O) groups is 1. The molecule has 1 aliphatic rings. The first-order chi connectivity index (χ1) is 11.0. The standard InChI is InChI=1S/C19H18O4/c1-19(22,11-18(20)21)16-10-15-9-14(7-8-17(15)23-12-16)13-5-3-2-4-6-13/h2-10,22H,11-12H2,1H3,(H,20,21). The van der Waals surface area contributed by atoms with E-state index < -0.39 is 11.6 Å². The first-order valence-corrected chi connectivity index (χ1v) is 7.43. The Morgan fingerprint density at radius 1 is 1.17 bits per heavy atom. The molecule has 0 aliphatic carbocycles. The van der Waals surface area contributed by atoms with Gasteiger partial charge in [0.05, 0.1) is 12.0 Å². The molecular weight excluding hydrogens is 292 g/mol. The van der Waals surface area contributed by atoms with Gasteiger partial charge in [-0.2, -0.15) is 0 Å². The third-order valence-corrected chi connectivity index (χ3v) is 4.02. The number of rotatable bonds is 4. The fourth-order valence-corrected chi connectivity index (χ4v) is 2.71. The third kappa shape index (κ3) is 3.27. The Labute approximate surface area is 134 Å². The quantitative estimate of drug-likeness (QED) is 0.909. The van der Waals surface area contributed by atoms with E-state index in [0.29, 0.717) is 5.57 Å². The van der Waals surface area contributed by atoms with Crippen LogP contribution in [0.2, 0.25) is 0 Å². The summed E-state index contributed by atoms with van der Waals surface area (Å²) in [5.74, 6) is -0.306. The van der Waals surface area contributed by atoms with Gasteiger partial charge in [-0.15, -0.1) is 0 Å². The number of aliphatic hydroxyl groups is 1. The van der Waals surface area contributed by atoms with E-state index in [1.54, 1.807) is 0 Å². The van der Waals surface area contributed by atoms with Crippen molar-refractivity contribution in [2.45, 2.75) is 18.9 Å². The lowest BCUT2D eigenvalue weighted by Crippen LogP contribution is -2.34. The smallest absolute Gasteiger partial charge is 0.306 e. The van der Waals surface area contributed by atoms with Crippen molar-refractivity contribution in [2.75, 3.05) is 6.61 Å². The monoisotopic (exact) mass is 310 g/mol. The molecule has 0 amide bonds. The molecule has 118 valence electrons. The van der Waals surface area contributed by atoms with Gasteiger partial charge in [-0.05, 0) is 41.8 Å². The van der Waals surface area contributed by atoms with Gasteiger partial charge in [0, 0.05) is 5.56 Å². The Morgan fingerprint density at radius 3 is 2.61 bits per heavy atom. The van der Waals surface area contributed by atoms with E-state index in [1.807, 2.05) is 54.6 Å². The molecular formula is C19H18O4. The predicted octanol–water partition coefficient (Wildman–Crippen LogP) is 3.36. The molecule has 4 heteroatoms. The van der Waals surface area contributed by atoms with Gasteiger partial charge in [0.25, 0.3) is 0 Å². The van der Waals surface area contributed by atoms with Gasteiger partial charge in [0.15, 0.2) is 0 Å². The Hall–Kier alpha value is -2.59. The van der Waals surface area contributed by atoms with Crippen LogP contribution in [0.4, 0.5) is 0 Å². The molecule has 2 aromatic rings. The second kappa shape index (κ2) is 5.89. The lowest BCUT2D eigenvalue weighted by atomic mass is 9.89. The molecule has 2 N–H and O–H groups in total. The van der Waals surface area contributed by atoms with E-state index in [1.165, 1.54) is 6.92 Å². The number of aliphatic carboxylic acids is 1. The molecule has 0 radical (unpaired) electrons. The van der Waals surface area contributed by atoms with E-state index in [0.717, 1.165) is 22.4 Å². The van der Waals surface area contributed by atoms with Gasteiger partial charge in [-0.25, -0.2) is 0 Å². The summed E-state index contributed by atoms with van der Waals surface area (Å²) in [5, 5.41) is 19.3. The lowest BCUT2D eigenvalue weighted by Gasteiger charge is -2.28. The third-order valence-electron chi connectivity index (χ3n) is 4.02. The summed E-state index contributed by atoms with van der Waals surface area (Å²) in [4.78, 5) is 10.9. The van der Waals surface area contributed by atoms with Crippen molar-refractivity contribution in [1.82, 2.24) is 0 Å². The number of carboxylic acid groups (broad SMARTS) is 1. The van der Waals surface area contributed by atoms with Gasteiger partial charge in [-0.1, -0.05) is 36.4 Å². The zero-order valence-electron chi connectivity index (χ0n) is 12.8. The number of hydrogen-bond acceptors (Lipinski definition) is 3. The van der Waals surface area contributed by atoms with E-state index in [-0.39, 0.29) is 13.0 Å². The van der Waals surface area contributed by atoms with Crippen LogP contribution in [-0.4, -0.2) is 28.4 Å². The fraction of sp³-hybridized carbons (Fsp3) is 0.211. The molecule has 2 aromatic carbocycles. The summed E-state index contributed by atoms with van der Waals surface area (Å²) in [6, 6.07) is 15.8. The highest BCUT2D eigenvalue weighted by atomic mass is 16.5. The van der Waals surface area contributed by atoms with Crippen LogP contribution in [0.5, 0.6) is 5.75 Å². The summed E-state index contributed by atoms with van der Waals surface area (Å²) in [6.07, 6.45) is 1.48. The topological polar surface area (TPSA) is 66.8 Å². The zero-order valence-corrected chi connectivity index (χ0v) is 12.8. The molecule has 0 bridgehead atoms. The molecule has 1 aliphatic heterocycles. The van der Waals surface area contributed by atoms with Crippen LogP contribution in [0.3, 0.4) is 0 Å². The summed E-state index contributed by atoms with van der Waals surface area (Å²) < 4.78 is 5.67. The van der Waals surface area contributed by atoms with Crippen LogP contribution < -0.4 is 4.74 Å². The van der Waals surface area contributed by atoms with Crippen molar-refractivity contribution in [3.63, 3.8) is 0 Å². The van der Waals surface area contributed by atoms with E-state index in [2.05, 4.69) is 0 Å². The van der Waals surface area contributed by atoms with Gasteiger partial charge in [-0.3, -0.25) is 4.79 Å². The van der Waals surface area contributed by atoms with Gasteiger partial charge in [0.1, 0.15) is 12.4 Å². The molecule has 4 nitrogen and oxygen atoms in total. The molecule has 0 aromatic heterocycles. The van der Waals surface area contributed by atoms with E-state index >= 15 is 0 Å². The second-order valence-corrected chi connectivity index (χ2v) is 5.92. The highest BCUT2D eigenvalue weighted by Gasteiger charge is 2.31. The van der Waals surface area contributed by atoms with E-state index in [4.69, 9.17) is 9.84 Å². The molecule has 1 heterocycles. The molecule has 0 saturated heterocycles. The molecule has 3 rings (SSSR count). The van der Waals surface area contributed by atoms with Crippen molar-refractivity contribution in [1.29, 1.82) is 0 Å². The first-order valence-electron chi connectivity index (χ1n) is 7.43. The molecule has 0 spiro atoms. The number of benzene rings is 2. The summed E-state index contributed by atoms with van der Waals surface area (Å²) in [5.41, 5.74) is 2.12. The van der Waals surface area contributed by atoms with Gasteiger partial charge >= 0.3 is 5.97 Å². The Morgan fingerprint density at radius 2 is 1.91 bits per heavy atom. The normalized spacial score (nSPS) is 15.8. The Balaban J connectivity index is 1.97. The van der Waals surface area contributed by atoms with Gasteiger partial charge < -0.3 is 14.9 Å². The average molecular weight is 310 g/mol. The van der Waals surface area contributed by atoms with E-state index in [9.17, 15) is 9.90 Å². The molecule has 23 heavy (non-hydrogen) atoms. The van der Waals surface area contributed by atoms with Crippen LogP contribution in [-0.2, 0) is 4.79 Å². The summed E-state index contributed by atoms with van der Waals surface area (Å²) >= 11 is 0. The maximum Gasteiger partial charge on any atom is 0.306 e. The highest BCUT2D eigenvalue weighted by molar-refractivity contribution is 5.74. The zero-order chi connectivity index (χ0) is 16.4. The lowest BCUT2D eigenvalue weighted by molar-refractivity contribution is -0.140. The summed E-state index contributed by atoms with van der Waals surface area (Å²) in [6.45, 7) is 1.69. The van der Waals surface area contributed by atoms with Crippen molar-refractivity contribution >= 4 is 12.0 Å². The minimum atomic E-state index is -1.42. The molecule has 0 fully saturated rings. The van der Waals surface area contributed by atoms with Crippen molar-refractivity contribution < 1.29 is 19.7 Å². The highest BCUT2D eigenvalue weighted by Crippen LogP contribution is 2.34. The van der Waals surface area contributed by atoms with Crippen molar-refractivity contribution in [3.05, 3.63) is 59.7 Å². The molecule has 1 unspecified atom stereocenters. The molecule has 0 saturated carbocycles. The molecule has 1 atom stereocenters. The number of fused-ring (bicyclic) bond motifs is 1. The Bertz CT molecular complexity index is 760. The van der Waals surface area contributed by atoms with Crippen molar-refractivity contribution in [2.24, 2.45) is 0 Å². The van der Waals surface area contributed by atoms with Crippen LogP contribution in [0, 0.1) is 0 Å². The minimum absolute atomic E-state index is 0.192. The van der Waals surface area contributed by atoms with Crippen LogP contribution >= 0.6 is 0 Å². The van der Waals surface area contributed by atoms with Gasteiger partial charge in [0.2, 0.25) is 0 Å². The minimum Gasteiger partial charge on any atom is -0.489 e. The average Bonchev–Trinajstić information content (AvgIpc) is 2.53. The van der Waals surface area contributed by atoms with Crippen LogP contribution in [0.1, 0.15) is 18.9 Å². The predicted molar refractivity (Wildman–Crippen MR) is 88.2 cm³/mol. The second-order valence-electron chi connectivity index (χ2n) is 5.92. The number of ether oxygens (including phenoxy) is 1. The van der Waals surface area contributed by atoms with Crippen LogP contribution in [0.25, 0.3) is 17.2 Å². The summed E-state index contributed by atoms with van der Waals surface area (Å²) in [7, 11) is 0. The SMILES string of the molecule is CC(O)(CC(=O)O)C1=Cc2cc(-c3ccccc3)ccc2OC1. The van der Waals surface area contributed by atoms with Crippen LogP contribution in [0.15, 0.2) is 54.1 Å². The maximum atomic E-state index is 10.9. The largest absolute Gasteiger partial charge is 0.489 e. The van der Waals surface area contributed by atoms with Crippen molar-refractivity contribution in [3.8, 4) is 16.9 Å². The Kier molecular flexibility index (Phi) is 3.92. The number of hydrogen-bond donors (Lipinski definition) is 2.